The van der Waals surface area contributed by atoms with Gasteiger partial charge in [0.2, 0.25) is 5.82 Å². The van der Waals surface area contributed by atoms with Gasteiger partial charge in [-0.1, -0.05) is 168 Å². The largest absolute Gasteiger partial charge is 0.507 e. The fourth-order valence-corrected chi connectivity index (χ4v) is 18.3. The molecule has 4 aliphatic heterocycles. The Labute approximate surface area is 778 Å². The van der Waals surface area contributed by atoms with E-state index >= 15 is 0 Å². The van der Waals surface area contributed by atoms with Gasteiger partial charge >= 0.3 is 31.5 Å². The maximum atomic E-state index is 14.9. The summed E-state index contributed by atoms with van der Waals surface area (Å²) in [4.78, 5) is 65.2. The molecule has 12 aromatic carbocycles. The van der Waals surface area contributed by atoms with Gasteiger partial charge in [0.1, 0.15) is 93.6 Å². The summed E-state index contributed by atoms with van der Waals surface area (Å²) in [5.74, 6) is -10.7. The lowest BCUT2D eigenvalue weighted by Crippen LogP contribution is -2.29. The molecular formula is C94H65ClF16N8O12S4. The number of nitrogens with zero attached hydrogens (tertiary/aromatic N) is 8. The molecule has 0 saturated carbocycles. The molecule has 0 radical (unpaired) electrons. The number of alkyl halides is 10. The predicted octanol–water partition coefficient (Wildman–Crippen LogP) is 24.4. The third-order valence-electron chi connectivity index (χ3n) is 19.6. The first-order chi connectivity index (χ1) is 64.4. The molecule has 4 heterocycles. The number of aryl methyl sites for hydroxylation is 1. The van der Waals surface area contributed by atoms with Crippen molar-refractivity contribution in [2.45, 2.75) is 60.9 Å². The summed E-state index contributed by atoms with van der Waals surface area (Å²) in [6.45, 7) is -3.07. The first-order valence-electron chi connectivity index (χ1n) is 39.2. The summed E-state index contributed by atoms with van der Waals surface area (Å²) >= 11 is 10.5. The lowest BCUT2D eigenvalue weighted by molar-refractivity contribution is -0.143. The van der Waals surface area contributed by atoms with E-state index in [1.807, 2.05) is 25.1 Å². The highest BCUT2D eigenvalue weighted by Crippen LogP contribution is 2.52. The third-order valence-corrected chi connectivity index (χ3v) is 24.8. The second-order valence-corrected chi connectivity index (χ2v) is 33.0. The van der Waals surface area contributed by atoms with Crippen molar-refractivity contribution in [1.29, 1.82) is 0 Å². The van der Waals surface area contributed by atoms with E-state index in [1.54, 1.807) is 116 Å². The SMILES string of the molecule is CC(=O)Oc1ccccc1C(=O)N1N=C(c2ccc(Cl)cc2)SC1c1ccccc1OC(F)F.COc1c(C)cccc1C1SC(c2ccc(F)cc2)=NN1C(=O)c1ccccc1O.COc1c(F)c(F)cc(C(=O)N2N=C(c3ccc(F)cc3)SC2c2ccccc2OC(F)F)c1F.COc1ccccc1C1SC(c2ccc(F)cc2)=NN1C(=O)c1ccc(C(F)(F)F)cc1C(F)(F)F. The van der Waals surface area contributed by atoms with Gasteiger partial charge in [-0.15, -0.1) is 0 Å². The van der Waals surface area contributed by atoms with E-state index in [1.165, 1.54) is 133 Å². The van der Waals surface area contributed by atoms with Crippen molar-refractivity contribution in [3.63, 3.8) is 0 Å². The number of para-hydroxylation sites is 6. The number of aromatic hydroxyl groups is 1. The molecule has 41 heteroatoms. The second-order valence-electron chi connectivity index (χ2n) is 28.3. The standard InChI is InChI=1S/C24H17ClF2N2O4S.C24H15F7N2O2S.C23H14F6N2O3S.C23H19FN2O3S/c1-14(30)32-19-8-4-2-6-17(19)22(31)29-23(18-7-3-5-9-20(18)33-24(26)27)34-21(28-29)15-10-12-16(25)13-11-15;1-35-19-5-3-2-4-17(19)22-33(32-20(36-22)13-6-9-15(25)10-7-13)21(34)16-11-8-14(23(26,27)28)12-18(16)24(29,30)31;1-33-19-17(26)14(10-15(25)18(19)27)21(32)31-22(13-4-2-3-5-16(13)34-23(28)29)35-20(30-31)11-6-8-12(24)9-7-11;1-14-6-5-8-18(20(14)29-2)23-26(22(28)17-7-3-4-9-19(17)27)25-21(30-23)15-10-12-16(24)13-11-15/h2-13,23-24H,1H3;2-12,22H,1H3;2-10,22-23H,1H3;3-13,23,27H,1-2H3. The van der Waals surface area contributed by atoms with Crippen LogP contribution in [0.15, 0.2) is 281 Å². The topological polar surface area (TPSA) is 223 Å². The van der Waals surface area contributed by atoms with Crippen LogP contribution < -0.4 is 28.4 Å². The van der Waals surface area contributed by atoms with Crippen LogP contribution in [0.4, 0.5) is 70.2 Å². The maximum absolute atomic E-state index is 14.9. The maximum Gasteiger partial charge on any atom is 0.417 e. The number of halogens is 17. The fraction of sp³-hybridized carbons (Fsp3) is 0.138. The van der Waals surface area contributed by atoms with Crippen molar-refractivity contribution in [2.24, 2.45) is 20.4 Å². The Balaban J connectivity index is 0.000000153. The van der Waals surface area contributed by atoms with Crippen LogP contribution in [0, 0.1) is 41.8 Å². The second kappa shape index (κ2) is 42.9. The molecular weight excluding hydrogens is 1900 g/mol. The van der Waals surface area contributed by atoms with Crippen molar-refractivity contribution < 1.29 is 128 Å². The number of hydrogen-bond acceptors (Lipinski definition) is 20. The summed E-state index contributed by atoms with van der Waals surface area (Å²) < 4.78 is 246. The van der Waals surface area contributed by atoms with Crippen LogP contribution in [0.25, 0.3) is 0 Å². The molecule has 20 nitrogen and oxygen atoms in total. The minimum Gasteiger partial charge on any atom is -0.507 e. The van der Waals surface area contributed by atoms with Crippen LogP contribution in [-0.4, -0.2) is 109 Å². The Morgan fingerprint density at radius 2 is 0.748 bits per heavy atom. The van der Waals surface area contributed by atoms with E-state index in [0.717, 1.165) is 76.0 Å². The van der Waals surface area contributed by atoms with E-state index < -0.39 is 134 Å². The molecule has 0 spiro atoms. The molecule has 4 unspecified atom stereocenters. The van der Waals surface area contributed by atoms with Gasteiger partial charge in [-0.25, -0.2) is 42.0 Å². The van der Waals surface area contributed by atoms with E-state index in [0.29, 0.717) is 78.2 Å². The number of carbonyl (C=O) groups is 5. The van der Waals surface area contributed by atoms with E-state index in [-0.39, 0.29) is 61.7 Å². The lowest BCUT2D eigenvalue weighted by Gasteiger charge is -2.24. The molecule has 4 atom stereocenters. The Morgan fingerprint density at radius 3 is 1.16 bits per heavy atom. The van der Waals surface area contributed by atoms with Gasteiger partial charge in [0.25, 0.3) is 23.6 Å². The van der Waals surface area contributed by atoms with Crippen molar-refractivity contribution >= 4 is 108 Å². The van der Waals surface area contributed by atoms with Crippen molar-refractivity contribution in [3.8, 4) is 40.2 Å². The molecule has 1 N–H and O–H groups in total. The first-order valence-corrected chi connectivity index (χ1v) is 43.1. The zero-order chi connectivity index (χ0) is 97.0. The van der Waals surface area contributed by atoms with Gasteiger partial charge in [-0.05, 0) is 164 Å². The van der Waals surface area contributed by atoms with E-state index in [2.05, 4.69) is 29.9 Å². The van der Waals surface area contributed by atoms with Gasteiger partial charge in [0, 0.05) is 56.5 Å². The van der Waals surface area contributed by atoms with Gasteiger partial charge in [-0.2, -0.15) is 68.7 Å². The minimum absolute atomic E-state index is 0.0657. The van der Waals surface area contributed by atoms with Crippen LogP contribution in [0.2, 0.25) is 5.02 Å². The number of carbonyl (C=O) groups excluding carboxylic acids is 5. The summed E-state index contributed by atoms with van der Waals surface area (Å²) in [6, 6.07) is 60.5. The lowest BCUT2D eigenvalue weighted by atomic mass is 10.0. The number of thioether (sulfide) groups is 4. The van der Waals surface area contributed by atoms with Crippen molar-refractivity contribution in [2.75, 3.05) is 21.3 Å². The van der Waals surface area contributed by atoms with Crippen LogP contribution in [0.5, 0.6) is 40.2 Å². The van der Waals surface area contributed by atoms with E-state index in [4.69, 9.17) is 30.5 Å². The van der Waals surface area contributed by atoms with Crippen LogP contribution in [0.3, 0.4) is 0 Å². The summed E-state index contributed by atoms with van der Waals surface area (Å²) in [5.41, 5.74) is -0.282. The smallest absolute Gasteiger partial charge is 0.417 e. The average Bonchev–Trinajstić information content (AvgIpc) is 1.72. The molecule has 0 saturated heterocycles. The monoisotopic (exact) mass is 1960 g/mol. The first kappa shape index (κ1) is 98.5. The number of phenols is 1. The molecule has 135 heavy (non-hydrogen) atoms. The van der Waals surface area contributed by atoms with Crippen LogP contribution in [0.1, 0.15) is 131 Å². The highest BCUT2D eigenvalue weighted by atomic mass is 35.5. The molecule has 696 valence electrons. The zero-order valence-corrected chi connectivity index (χ0v) is 73.9. The van der Waals surface area contributed by atoms with Gasteiger partial charge in [-0.3, -0.25) is 24.0 Å². The Bertz CT molecular complexity index is 6580. The molecule has 12 aromatic rings. The number of ether oxygens (including phenoxy) is 6. The number of benzene rings is 12. The van der Waals surface area contributed by atoms with Crippen molar-refractivity contribution in [1.82, 2.24) is 20.0 Å². The summed E-state index contributed by atoms with van der Waals surface area (Å²) in [7, 11) is 3.85. The minimum atomic E-state index is -5.25. The number of methoxy groups -OCH3 is 3. The van der Waals surface area contributed by atoms with Gasteiger partial charge < -0.3 is 33.5 Å². The normalized spacial score (nSPS) is 15.6. The Hall–Kier alpha value is -14.0. The average molecular weight is 1970 g/mol. The molecule has 0 aromatic heterocycles. The van der Waals surface area contributed by atoms with Crippen LogP contribution in [-0.2, 0) is 17.1 Å². The Kier molecular flexibility index (Phi) is 31.3. The molecule has 4 aliphatic rings. The quantitative estimate of drug-likeness (QED) is 0.0324. The zero-order valence-electron chi connectivity index (χ0n) is 69.9. The predicted molar refractivity (Wildman–Crippen MR) is 475 cm³/mol. The number of rotatable bonds is 20. The summed E-state index contributed by atoms with van der Waals surface area (Å²) in [6.07, 6.45) is -10.3. The molecule has 0 aliphatic carbocycles. The van der Waals surface area contributed by atoms with Crippen molar-refractivity contribution in [3.05, 3.63) is 384 Å². The molecule has 0 bridgehead atoms. The Morgan fingerprint density at radius 1 is 0.385 bits per heavy atom. The number of amides is 4. The fourth-order valence-electron chi connectivity index (χ4n) is 13.5. The third kappa shape index (κ3) is 22.9. The van der Waals surface area contributed by atoms with Gasteiger partial charge in [0.15, 0.2) is 17.4 Å². The van der Waals surface area contributed by atoms with Gasteiger partial charge in [0.05, 0.1) is 54.7 Å². The van der Waals surface area contributed by atoms with Crippen LogP contribution >= 0.6 is 58.6 Å². The number of hydrazone groups is 4. The highest BCUT2D eigenvalue weighted by Gasteiger charge is 2.46. The number of hydrogen-bond donors (Lipinski definition) is 1. The van der Waals surface area contributed by atoms with E-state index in [9.17, 15) is 99.3 Å². The molecule has 16 rings (SSSR count). The number of phenolic OH excluding ortho intramolecular Hbond substituents is 1. The highest BCUT2D eigenvalue weighted by molar-refractivity contribution is 8.15. The summed E-state index contributed by atoms with van der Waals surface area (Å²) in [5, 5.41) is 30.0. The molecule has 0 fully saturated rings. The molecule has 4 amide bonds. The number of esters is 1.